The quantitative estimate of drug-likeness (QED) is 0.711. The molecule has 130 valence electrons. The van der Waals surface area contributed by atoms with E-state index in [0.717, 1.165) is 29.0 Å². The van der Waals surface area contributed by atoms with Gasteiger partial charge in [0, 0.05) is 10.4 Å². The molecule has 5 nitrogen and oxygen atoms in total. The maximum absolute atomic E-state index is 12.6. The van der Waals surface area contributed by atoms with Gasteiger partial charge in [0.05, 0.1) is 21.2 Å². The van der Waals surface area contributed by atoms with Crippen molar-refractivity contribution in [2.24, 2.45) is 0 Å². The van der Waals surface area contributed by atoms with Crippen molar-refractivity contribution in [3.8, 4) is 17.3 Å². The molecule has 8 heteroatoms. The van der Waals surface area contributed by atoms with Gasteiger partial charge in [-0.25, -0.2) is 13.4 Å². The molecule has 2 aromatic carbocycles. The summed E-state index contributed by atoms with van der Waals surface area (Å²) in [5.41, 5.74) is 3.34. The molecule has 0 saturated heterocycles. The van der Waals surface area contributed by atoms with Gasteiger partial charge in [-0.2, -0.15) is 5.26 Å². The van der Waals surface area contributed by atoms with Gasteiger partial charge < -0.3 is 0 Å². The molecule has 4 rings (SSSR count). The lowest BCUT2D eigenvalue weighted by molar-refractivity contribution is 0.601. The largest absolute Gasteiger partial charge is 0.263 e. The normalized spacial score (nSPS) is 12.8. The molecular weight excluding hydrogens is 390 g/mol. The van der Waals surface area contributed by atoms with Gasteiger partial charge in [0.1, 0.15) is 6.07 Å². The average Bonchev–Trinajstić information content (AvgIpc) is 3.03. The van der Waals surface area contributed by atoms with Crippen LogP contribution in [-0.4, -0.2) is 13.4 Å². The minimum atomic E-state index is -3.83. The van der Waals surface area contributed by atoms with Gasteiger partial charge in [-0.05, 0) is 36.6 Å². The van der Waals surface area contributed by atoms with Crippen LogP contribution in [0, 0.1) is 11.3 Å². The van der Waals surface area contributed by atoms with E-state index in [0.29, 0.717) is 5.13 Å². The van der Waals surface area contributed by atoms with Crippen molar-refractivity contribution in [2.75, 3.05) is 4.72 Å². The Morgan fingerprint density at radius 2 is 2.00 bits per heavy atom. The van der Waals surface area contributed by atoms with Crippen LogP contribution in [0.25, 0.3) is 11.3 Å². The number of sulfonamides is 1. The van der Waals surface area contributed by atoms with Crippen LogP contribution in [0.15, 0.2) is 47.4 Å². The van der Waals surface area contributed by atoms with Gasteiger partial charge in [0.25, 0.3) is 10.0 Å². The Kier molecular flexibility index (Phi) is 4.19. The van der Waals surface area contributed by atoms with Gasteiger partial charge >= 0.3 is 0 Å². The van der Waals surface area contributed by atoms with Crippen molar-refractivity contribution in [3.05, 3.63) is 63.5 Å². The number of thiazole rings is 1. The molecule has 0 aliphatic heterocycles. The molecule has 1 N–H and O–H groups in total. The third kappa shape index (κ3) is 2.97. The Morgan fingerprint density at radius 3 is 2.77 bits per heavy atom. The number of anilines is 1. The summed E-state index contributed by atoms with van der Waals surface area (Å²) in [5, 5.41) is 9.34. The Morgan fingerprint density at radius 1 is 1.19 bits per heavy atom. The van der Waals surface area contributed by atoms with E-state index >= 15 is 0 Å². The van der Waals surface area contributed by atoms with Gasteiger partial charge in [-0.15, -0.1) is 11.3 Å². The lowest BCUT2D eigenvalue weighted by atomic mass is 9.94. The number of nitrogens with zero attached hydrogens (tertiary/aromatic N) is 2. The van der Waals surface area contributed by atoms with Crippen LogP contribution in [0.1, 0.15) is 16.0 Å². The fraction of sp³-hybridized carbons (Fsp3) is 0.111. The van der Waals surface area contributed by atoms with E-state index in [1.807, 2.05) is 24.3 Å². The van der Waals surface area contributed by atoms with E-state index in [1.165, 1.54) is 35.1 Å². The SMILES string of the molecule is N#Cc1ccc(S(=O)(=O)Nc2nc3c(s2)CCc2ccccc2-3)cc1Cl. The van der Waals surface area contributed by atoms with Gasteiger partial charge in [-0.1, -0.05) is 35.9 Å². The van der Waals surface area contributed by atoms with E-state index < -0.39 is 10.0 Å². The number of aryl methyl sites for hydroxylation is 2. The van der Waals surface area contributed by atoms with Gasteiger partial charge in [0.2, 0.25) is 0 Å². The molecule has 26 heavy (non-hydrogen) atoms. The van der Waals surface area contributed by atoms with Crippen LogP contribution in [0.3, 0.4) is 0 Å². The number of hydrogen-bond donors (Lipinski definition) is 1. The van der Waals surface area contributed by atoms with Crippen LogP contribution in [-0.2, 0) is 22.9 Å². The Labute approximate surface area is 160 Å². The predicted octanol–water partition coefficient (Wildman–Crippen LogP) is 4.23. The minimum absolute atomic E-state index is 0.00456. The molecule has 0 amide bonds. The number of halogens is 1. The van der Waals surface area contributed by atoms with Crippen molar-refractivity contribution < 1.29 is 8.42 Å². The molecule has 1 aliphatic rings. The second-order valence-electron chi connectivity index (χ2n) is 5.81. The van der Waals surface area contributed by atoms with E-state index in [4.69, 9.17) is 16.9 Å². The molecule has 0 radical (unpaired) electrons. The highest BCUT2D eigenvalue weighted by Crippen LogP contribution is 2.38. The highest BCUT2D eigenvalue weighted by atomic mass is 35.5. The fourth-order valence-corrected chi connectivity index (χ4v) is 5.44. The minimum Gasteiger partial charge on any atom is -0.255 e. The lowest BCUT2D eigenvalue weighted by Crippen LogP contribution is -2.12. The molecule has 1 aromatic heterocycles. The van der Waals surface area contributed by atoms with Crippen LogP contribution >= 0.6 is 22.9 Å². The number of hydrogen-bond acceptors (Lipinski definition) is 5. The molecule has 3 aromatic rings. The van der Waals surface area contributed by atoms with E-state index in [9.17, 15) is 8.42 Å². The highest BCUT2D eigenvalue weighted by molar-refractivity contribution is 7.93. The van der Waals surface area contributed by atoms with Gasteiger partial charge in [-0.3, -0.25) is 4.72 Å². The molecule has 0 fully saturated rings. The summed E-state index contributed by atoms with van der Waals surface area (Å²) in [6, 6.07) is 13.9. The molecule has 1 aliphatic carbocycles. The van der Waals surface area contributed by atoms with Crippen LogP contribution in [0.4, 0.5) is 5.13 Å². The van der Waals surface area contributed by atoms with E-state index in [-0.39, 0.29) is 15.5 Å². The summed E-state index contributed by atoms with van der Waals surface area (Å²) in [6.07, 6.45) is 1.76. The first-order chi connectivity index (χ1) is 12.5. The summed E-state index contributed by atoms with van der Waals surface area (Å²) in [7, 11) is -3.83. The molecule has 0 bridgehead atoms. The zero-order valence-corrected chi connectivity index (χ0v) is 15.7. The topological polar surface area (TPSA) is 82.8 Å². The Balaban J connectivity index is 1.68. The zero-order valence-electron chi connectivity index (χ0n) is 13.4. The summed E-state index contributed by atoms with van der Waals surface area (Å²) >= 11 is 7.30. The first-order valence-corrected chi connectivity index (χ1v) is 10.5. The summed E-state index contributed by atoms with van der Waals surface area (Å²) in [5.74, 6) is 0. The number of rotatable bonds is 3. The maximum Gasteiger partial charge on any atom is 0.263 e. The summed E-state index contributed by atoms with van der Waals surface area (Å²) < 4.78 is 27.8. The lowest BCUT2D eigenvalue weighted by Gasteiger charge is -2.13. The molecular formula is C18H12ClN3O2S2. The second kappa shape index (κ2) is 6.40. The first-order valence-electron chi connectivity index (χ1n) is 7.78. The fourth-order valence-electron chi connectivity index (χ4n) is 2.92. The number of nitrogens with one attached hydrogen (secondary N) is 1. The van der Waals surface area contributed by atoms with Crippen molar-refractivity contribution in [1.82, 2.24) is 4.98 Å². The molecule has 0 spiro atoms. The zero-order chi connectivity index (χ0) is 18.3. The number of aromatic nitrogens is 1. The van der Waals surface area contributed by atoms with E-state index in [1.54, 1.807) is 0 Å². The van der Waals surface area contributed by atoms with Crippen molar-refractivity contribution in [3.63, 3.8) is 0 Å². The second-order valence-corrected chi connectivity index (χ2v) is 8.98. The Bertz CT molecular complexity index is 1160. The molecule has 1 heterocycles. The van der Waals surface area contributed by atoms with E-state index in [2.05, 4.69) is 15.8 Å². The number of fused-ring (bicyclic) bond motifs is 3. The monoisotopic (exact) mass is 401 g/mol. The number of benzene rings is 2. The molecule has 0 unspecified atom stereocenters. The van der Waals surface area contributed by atoms with Crippen molar-refractivity contribution >= 4 is 38.1 Å². The van der Waals surface area contributed by atoms with Crippen LogP contribution < -0.4 is 4.72 Å². The molecule has 0 saturated carbocycles. The standard InChI is InChI=1S/C18H12ClN3O2S2/c19-15-9-13(7-5-12(15)10-20)26(23,24)22-18-21-17-14-4-2-1-3-11(14)6-8-16(17)25-18/h1-5,7,9H,6,8H2,(H,21,22). The third-order valence-electron chi connectivity index (χ3n) is 4.18. The molecule has 0 atom stereocenters. The predicted molar refractivity (Wildman–Crippen MR) is 102 cm³/mol. The Hall–Kier alpha value is -2.40. The summed E-state index contributed by atoms with van der Waals surface area (Å²) in [6.45, 7) is 0. The highest BCUT2D eigenvalue weighted by Gasteiger charge is 2.23. The number of nitriles is 1. The van der Waals surface area contributed by atoms with Gasteiger partial charge in [0.15, 0.2) is 5.13 Å². The smallest absolute Gasteiger partial charge is 0.255 e. The van der Waals surface area contributed by atoms with Crippen LogP contribution in [0.2, 0.25) is 5.02 Å². The maximum atomic E-state index is 12.6. The third-order valence-corrected chi connectivity index (χ3v) is 6.99. The van der Waals surface area contributed by atoms with Crippen LogP contribution in [0.5, 0.6) is 0 Å². The van der Waals surface area contributed by atoms with Crippen molar-refractivity contribution in [2.45, 2.75) is 17.7 Å². The summed E-state index contributed by atoms with van der Waals surface area (Å²) in [4.78, 5) is 5.57. The first kappa shape index (κ1) is 17.0. The average molecular weight is 402 g/mol. The van der Waals surface area contributed by atoms with Crippen molar-refractivity contribution in [1.29, 1.82) is 5.26 Å².